The quantitative estimate of drug-likeness (QED) is 0.270. The molecule has 0 aliphatic rings. The van der Waals surface area contributed by atoms with Gasteiger partial charge in [0.1, 0.15) is 0 Å². The van der Waals surface area contributed by atoms with Crippen molar-refractivity contribution in [2.45, 2.75) is 6.92 Å². The number of hydrogen-bond donors (Lipinski definition) is 4. The Bertz CT molecular complexity index is 202. The first-order valence-electron chi connectivity index (χ1n) is 3.14. The number of hydrogen-bond acceptors (Lipinski definition) is 4. The summed E-state index contributed by atoms with van der Waals surface area (Å²) in [5, 5.41) is 14.3. The first-order valence-corrected chi connectivity index (χ1v) is 3.14. The van der Waals surface area contributed by atoms with Crippen LogP contribution in [0.25, 0.3) is 0 Å². The van der Waals surface area contributed by atoms with Crippen molar-refractivity contribution in [1.29, 1.82) is 10.8 Å². The van der Waals surface area contributed by atoms with Crippen molar-refractivity contribution in [1.82, 2.24) is 5.43 Å². The standard InChI is InChI=1S/C7H12N4/c1-2-3-7(9)6(4-8)5-11-10/h2-5,8-9,11H,10H2,1H3/b3-2-,6-5+,8-4?,9-7?. The maximum Gasteiger partial charge on any atom is 0.0639 e. The topological polar surface area (TPSA) is 85.8 Å². The van der Waals surface area contributed by atoms with Crippen molar-refractivity contribution in [2.24, 2.45) is 5.84 Å². The van der Waals surface area contributed by atoms with Crippen molar-refractivity contribution in [3.63, 3.8) is 0 Å². The predicted octanol–water partition coefficient (Wildman–Crippen LogP) is 0.579. The zero-order chi connectivity index (χ0) is 8.69. The summed E-state index contributed by atoms with van der Waals surface area (Å²) in [6.07, 6.45) is 5.79. The summed E-state index contributed by atoms with van der Waals surface area (Å²) >= 11 is 0. The summed E-state index contributed by atoms with van der Waals surface area (Å²) < 4.78 is 0. The van der Waals surface area contributed by atoms with Crippen LogP contribution in [-0.2, 0) is 0 Å². The molecule has 4 heteroatoms. The van der Waals surface area contributed by atoms with E-state index in [4.69, 9.17) is 16.7 Å². The zero-order valence-electron chi connectivity index (χ0n) is 6.39. The monoisotopic (exact) mass is 152 g/mol. The molecule has 0 saturated carbocycles. The van der Waals surface area contributed by atoms with E-state index in [2.05, 4.69) is 5.43 Å². The van der Waals surface area contributed by atoms with Crippen molar-refractivity contribution >= 4 is 11.9 Å². The van der Waals surface area contributed by atoms with Gasteiger partial charge in [0.15, 0.2) is 0 Å². The lowest BCUT2D eigenvalue weighted by atomic mass is 10.2. The predicted molar refractivity (Wildman–Crippen MR) is 46.7 cm³/mol. The summed E-state index contributed by atoms with van der Waals surface area (Å²) in [4.78, 5) is 0. The molecule has 0 rings (SSSR count). The van der Waals surface area contributed by atoms with E-state index in [1.54, 1.807) is 12.2 Å². The molecule has 0 aromatic carbocycles. The van der Waals surface area contributed by atoms with Crippen LogP contribution in [0.1, 0.15) is 6.92 Å². The molecule has 0 radical (unpaired) electrons. The number of allylic oxidation sites excluding steroid dienone is 3. The zero-order valence-corrected chi connectivity index (χ0v) is 6.39. The van der Waals surface area contributed by atoms with E-state index in [-0.39, 0.29) is 5.71 Å². The van der Waals surface area contributed by atoms with Gasteiger partial charge in [-0.05, 0) is 13.0 Å². The fraction of sp³-hybridized carbons (Fsp3) is 0.143. The van der Waals surface area contributed by atoms with Crippen LogP contribution in [0.4, 0.5) is 0 Å². The van der Waals surface area contributed by atoms with Gasteiger partial charge in [0.2, 0.25) is 0 Å². The number of nitrogens with one attached hydrogen (secondary N) is 3. The highest BCUT2D eigenvalue weighted by Crippen LogP contribution is 1.92. The lowest BCUT2D eigenvalue weighted by Crippen LogP contribution is -2.16. The Kier molecular flexibility index (Phi) is 4.68. The highest BCUT2D eigenvalue weighted by Gasteiger charge is 1.95. The Labute approximate surface area is 65.8 Å². The third-order valence-electron chi connectivity index (χ3n) is 1.04. The van der Waals surface area contributed by atoms with Crippen molar-refractivity contribution in [3.8, 4) is 0 Å². The normalized spacial score (nSPS) is 11.6. The molecule has 0 heterocycles. The van der Waals surface area contributed by atoms with Crippen LogP contribution < -0.4 is 11.3 Å². The van der Waals surface area contributed by atoms with Gasteiger partial charge in [-0.3, -0.25) is 5.84 Å². The van der Waals surface area contributed by atoms with Crippen LogP contribution in [-0.4, -0.2) is 11.9 Å². The van der Waals surface area contributed by atoms with Crippen LogP contribution in [0.2, 0.25) is 0 Å². The molecule has 0 unspecified atom stereocenters. The molecule has 0 spiro atoms. The van der Waals surface area contributed by atoms with Crippen molar-refractivity contribution < 1.29 is 0 Å². The van der Waals surface area contributed by atoms with Gasteiger partial charge in [-0.1, -0.05) is 6.08 Å². The first-order chi connectivity index (χ1) is 5.26. The van der Waals surface area contributed by atoms with Crippen LogP contribution in [0.15, 0.2) is 23.9 Å². The van der Waals surface area contributed by atoms with Crippen molar-refractivity contribution in [3.05, 3.63) is 23.9 Å². The number of nitrogens with two attached hydrogens (primary N) is 1. The van der Waals surface area contributed by atoms with E-state index in [1.807, 2.05) is 6.92 Å². The van der Waals surface area contributed by atoms with Crippen LogP contribution in [0.3, 0.4) is 0 Å². The van der Waals surface area contributed by atoms with Crippen LogP contribution in [0, 0.1) is 10.8 Å². The minimum Gasteiger partial charge on any atom is -0.331 e. The molecule has 0 saturated heterocycles. The average Bonchev–Trinajstić information content (AvgIpc) is 2.00. The molecular weight excluding hydrogens is 140 g/mol. The van der Waals surface area contributed by atoms with Gasteiger partial charge in [-0.15, -0.1) is 0 Å². The summed E-state index contributed by atoms with van der Waals surface area (Å²) in [6.45, 7) is 1.81. The van der Waals surface area contributed by atoms with Gasteiger partial charge in [-0.2, -0.15) is 0 Å². The SMILES string of the molecule is C/C=C\C(=N)/C(C=N)=C/NN. The van der Waals surface area contributed by atoms with Gasteiger partial charge < -0.3 is 16.2 Å². The van der Waals surface area contributed by atoms with E-state index in [9.17, 15) is 0 Å². The minimum atomic E-state index is 0.264. The Morgan fingerprint density at radius 3 is 2.55 bits per heavy atom. The summed E-state index contributed by atoms with van der Waals surface area (Å²) in [7, 11) is 0. The molecule has 4 nitrogen and oxygen atoms in total. The molecule has 0 aliphatic heterocycles. The van der Waals surface area contributed by atoms with E-state index < -0.39 is 0 Å². The summed E-state index contributed by atoms with van der Waals surface area (Å²) in [6, 6.07) is 0. The van der Waals surface area contributed by atoms with Crippen molar-refractivity contribution in [2.75, 3.05) is 0 Å². The van der Waals surface area contributed by atoms with E-state index in [0.29, 0.717) is 5.57 Å². The summed E-state index contributed by atoms with van der Waals surface area (Å²) in [5.41, 5.74) is 2.98. The van der Waals surface area contributed by atoms with Gasteiger partial charge in [0.05, 0.1) is 5.71 Å². The Hall–Kier alpha value is -1.42. The maximum absolute atomic E-state index is 7.35. The minimum absolute atomic E-state index is 0.264. The molecule has 0 aromatic rings. The molecule has 5 N–H and O–H groups in total. The largest absolute Gasteiger partial charge is 0.331 e. The molecular formula is C7H12N4. The fourth-order valence-corrected chi connectivity index (χ4v) is 0.550. The third kappa shape index (κ3) is 3.32. The lowest BCUT2D eigenvalue weighted by molar-refractivity contribution is 0.965. The molecule has 0 amide bonds. The van der Waals surface area contributed by atoms with Gasteiger partial charge in [0, 0.05) is 18.0 Å². The fourth-order valence-electron chi connectivity index (χ4n) is 0.550. The van der Waals surface area contributed by atoms with Gasteiger partial charge >= 0.3 is 0 Å². The molecule has 60 valence electrons. The van der Waals surface area contributed by atoms with Crippen LogP contribution in [0.5, 0.6) is 0 Å². The molecule has 0 aliphatic carbocycles. The average molecular weight is 152 g/mol. The second-order valence-corrected chi connectivity index (χ2v) is 1.82. The molecule has 11 heavy (non-hydrogen) atoms. The van der Waals surface area contributed by atoms with E-state index in [1.165, 1.54) is 6.20 Å². The molecule has 0 atom stereocenters. The lowest BCUT2D eigenvalue weighted by Gasteiger charge is -1.96. The van der Waals surface area contributed by atoms with Gasteiger partial charge in [0.25, 0.3) is 0 Å². The first kappa shape index (κ1) is 9.58. The highest BCUT2D eigenvalue weighted by molar-refractivity contribution is 6.19. The number of hydrazine groups is 1. The molecule has 0 aromatic heterocycles. The Morgan fingerprint density at radius 1 is 1.55 bits per heavy atom. The second kappa shape index (κ2) is 5.37. The van der Waals surface area contributed by atoms with E-state index >= 15 is 0 Å². The maximum atomic E-state index is 7.35. The Morgan fingerprint density at radius 2 is 2.18 bits per heavy atom. The third-order valence-corrected chi connectivity index (χ3v) is 1.04. The van der Waals surface area contributed by atoms with E-state index in [0.717, 1.165) is 6.21 Å². The Balaban J connectivity index is 4.38. The van der Waals surface area contributed by atoms with Gasteiger partial charge in [-0.25, -0.2) is 0 Å². The number of rotatable bonds is 4. The summed E-state index contributed by atoms with van der Waals surface area (Å²) in [5.74, 6) is 4.99. The highest BCUT2D eigenvalue weighted by atomic mass is 15.2. The van der Waals surface area contributed by atoms with Crippen LogP contribution >= 0.6 is 0 Å². The smallest absolute Gasteiger partial charge is 0.0639 e. The second-order valence-electron chi connectivity index (χ2n) is 1.82. The molecule has 0 bridgehead atoms. The molecule has 0 fully saturated rings.